The van der Waals surface area contributed by atoms with Crippen LogP contribution in [0.4, 0.5) is 5.82 Å². The maximum Gasteiger partial charge on any atom is 0.255 e. The summed E-state index contributed by atoms with van der Waals surface area (Å²) < 4.78 is 0. The van der Waals surface area contributed by atoms with Crippen LogP contribution >= 0.6 is 0 Å². The minimum Gasteiger partial charge on any atom is -0.364 e. The molecule has 3 aromatic rings. The molecule has 3 N–H and O–H groups in total. The molecule has 112 valence electrons. The first-order chi connectivity index (χ1) is 10.6. The van der Waals surface area contributed by atoms with Crippen molar-refractivity contribution in [2.24, 2.45) is 0 Å². The Balaban J connectivity index is 1.76. The molecule has 0 aliphatic rings. The van der Waals surface area contributed by atoms with E-state index in [-0.39, 0.29) is 5.56 Å². The molecule has 6 nitrogen and oxygen atoms in total. The number of rotatable bonds is 4. The lowest BCUT2D eigenvalue weighted by Gasteiger charge is -2.07. The zero-order valence-corrected chi connectivity index (χ0v) is 12.5. The van der Waals surface area contributed by atoms with E-state index in [1.165, 1.54) is 0 Å². The number of benzene rings is 1. The summed E-state index contributed by atoms with van der Waals surface area (Å²) in [6.45, 7) is 4.03. The van der Waals surface area contributed by atoms with Crippen LogP contribution in [0.25, 0.3) is 11.3 Å². The number of aromatic nitrogens is 4. The fraction of sp³-hybridized carbons (Fsp3) is 0.188. The molecule has 2 heterocycles. The Morgan fingerprint density at radius 1 is 1.18 bits per heavy atom. The van der Waals surface area contributed by atoms with Gasteiger partial charge >= 0.3 is 0 Å². The topological polar surface area (TPSA) is 86.5 Å². The number of H-pyrrole nitrogens is 2. The smallest absolute Gasteiger partial charge is 0.255 e. The van der Waals surface area contributed by atoms with Crippen molar-refractivity contribution in [2.45, 2.75) is 20.4 Å². The summed E-state index contributed by atoms with van der Waals surface area (Å²) >= 11 is 0. The van der Waals surface area contributed by atoms with Crippen LogP contribution in [0.2, 0.25) is 0 Å². The number of anilines is 1. The molecule has 0 atom stereocenters. The number of nitrogens with zero attached hydrogens (tertiary/aromatic N) is 2. The highest BCUT2D eigenvalue weighted by molar-refractivity contribution is 5.59. The second-order valence-corrected chi connectivity index (χ2v) is 5.12. The number of aryl methyl sites for hydroxylation is 1. The zero-order valence-electron chi connectivity index (χ0n) is 12.5. The van der Waals surface area contributed by atoms with Crippen molar-refractivity contribution in [2.75, 3.05) is 5.32 Å². The Labute approximate surface area is 127 Å². The fourth-order valence-electron chi connectivity index (χ4n) is 2.21. The van der Waals surface area contributed by atoms with Gasteiger partial charge in [-0.05, 0) is 19.9 Å². The molecule has 0 fully saturated rings. The van der Waals surface area contributed by atoms with Gasteiger partial charge in [0.25, 0.3) is 5.56 Å². The number of nitrogens with one attached hydrogen (secondary N) is 3. The number of hydrogen-bond donors (Lipinski definition) is 3. The van der Waals surface area contributed by atoms with Gasteiger partial charge in [-0.2, -0.15) is 5.10 Å². The van der Waals surface area contributed by atoms with Crippen molar-refractivity contribution in [3.63, 3.8) is 0 Å². The Bertz CT molecular complexity index is 835. The largest absolute Gasteiger partial charge is 0.364 e. The van der Waals surface area contributed by atoms with Crippen LogP contribution in [0.3, 0.4) is 0 Å². The van der Waals surface area contributed by atoms with Gasteiger partial charge in [-0.1, -0.05) is 30.3 Å². The molecule has 0 saturated heterocycles. The average molecular weight is 295 g/mol. The first-order valence-electron chi connectivity index (χ1n) is 7.04. The molecular weight excluding hydrogens is 278 g/mol. The Morgan fingerprint density at radius 3 is 2.73 bits per heavy atom. The van der Waals surface area contributed by atoms with Crippen LogP contribution in [0.5, 0.6) is 0 Å². The maximum atomic E-state index is 11.7. The molecule has 0 aliphatic carbocycles. The molecule has 0 amide bonds. The van der Waals surface area contributed by atoms with Gasteiger partial charge in [-0.15, -0.1) is 0 Å². The normalized spacial score (nSPS) is 10.6. The van der Waals surface area contributed by atoms with Gasteiger partial charge in [0.2, 0.25) is 0 Å². The lowest BCUT2D eigenvalue weighted by atomic mass is 10.1. The van der Waals surface area contributed by atoms with E-state index in [0.29, 0.717) is 23.8 Å². The van der Waals surface area contributed by atoms with E-state index < -0.39 is 0 Å². The van der Waals surface area contributed by atoms with Crippen molar-refractivity contribution in [3.05, 3.63) is 63.8 Å². The van der Waals surface area contributed by atoms with Crippen LogP contribution in [0, 0.1) is 13.8 Å². The van der Waals surface area contributed by atoms with Gasteiger partial charge in [0, 0.05) is 5.56 Å². The van der Waals surface area contributed by atoms with Crippen molar-refractivity contribution in [1.82, 2.24) is 20.2 Å². The standard InChI is InChI=1S/C16H17N5O/c1-10-15(18-11(2)19-16(10)22)17-9-13-8-14(21-20-13)12-6-4-3-5-7-12/h3-8H,9H2,1-2H3,(H,20,21)(H2,17,18,19,22). The zero-order chi connectivity index (χ0) is 15.5. The third-order valence-electron chi connectivity index (χ3n) is 3.42. The predicted molar refractivity (Wildman–Crippen MR) is 85.7 cm³/mol. The van der Waals surface area contributed by atoms with Gasteiger partial charge in [0.1, 0.15) is 11.6 Å². The first kappa shape index (κ1) is 14.1. The van der Waals surface area contributed by atoms with Crippen molar-refractivity contribution < 1.29 is 0 Å². The molecule has 3 rings (SSSR count). The molecule has 0 spiro atoms. The fourth-order valence-corrected chi connectivity index (χ4v) is 2.21. The molecule has 1 aromatic carbocycles. The summed E-state index contributed by atoms with van der Waals surface area (Å²) in [5, 5.41) is 10.5. The highest BCUT2D eigenvalue weighted by Gasteiger charge is 2.07. The summed E-state index contributed by atoms with van der Waals surface area (Å²) in [6, 6.07) is 11.9. The molecular formula is C16H17N5O. The van der Waals surface area contributed by atoms with Crippen LogP contribution in [0.1, 0.15) is 17.1 Å². The second-order valence-electron chi connectivity index (χ2n) is 5.12. The highest BCUT2D eigenvalue weighted by Crippen LogP contribution is 2.17. The summed E-state index contributed by atoms with van der Waals surface area (Å²) in [5.41, 5.74) is 3.34. The SMILES string of the molecule is Cc1nc(NCc2cc(-c3ccccc3)n[nH]2)c(C)c(=O)[nH]1. The molecule has 0 unspecified atom stereocenters. The van der Waals surface area contributed by atoms with E-state index in [1.54, 1.807) is 13.8 Å². The maximum absolute atomic E-state index is 11.7. The predicted octanol–water partition coefficient (Wildman–Crippen LogP) is 2.39. The molecule has 0 bridgehead atoms. The van der Waals surface area contributed by atoms with Crippen LogP contribution in [-0.4, -0.2) is 20.2 Å². The summed E-state index contributed by atoms with van der Waals surface area (Å²) in [6.07, 6.45) is 0. The quantitative estimate of drug-likeness (QED) is 0.689. The Kier molecular flexibility index (Phi) is 3.74. The van der Waals surface area contributed by atoms with Crippen LogP contribution in [0.15, 0.2) is 41.2 Å². The van der Waals surface area contributed by atoms with E-state index in [2.05, 4.69) is 25.5 Å². The Morgan fingerprint density at radius 2 is 1.95 bits per heavy atom. The summed E-state index contributed by atoms with van der Waals surface area (Å²) in [4.78, 5) is 18.7. The average Bonchev–Trinajstić information content (AvgIpc) is 2.99. The minimum absolute atomic E-state index is 0.121. The molecule has 0 aliphatic heterocycles. The van der Waals surface area contributed by atoms with Crippen LogP contribution < -0.4 is 10.9 Å². The Hall–Kier alpha value is -2.89. The van der Waals surface area contributed by atoms with Gasteiger partial charge in [-0.25, -0.2) is 4.98 Å². The molecule has 0 radical (unpaired) electrons. The molecule has 0 saturated carbocycles. The summed E-state index contributed by atoms with van der Waals surface area (Å²) in [5.74, 6) is 1.18. The van der Waals surface area contributed by atoms with Crippen molar-refractivity contribution >= 4 is 5.82 Å². The number of aromatic amines is 2. The minimum atomic E-state index is -0.121. The van der Waals surface area contributed by atoms with Gasteiger partial charge in [0.15, 0.2) is 0 Å². The monoisotopic (exact) mass is 295 g/mol. The van der Waals surface area contributed by atoms with Gasteiger partial charge in [-0.3, -0.25) is 9.89 Å². The van der Waals surface area contributed by atoms with E-state index in [9.17, 15) is 4.79 Å². The number of hydrogen-bond acceptors (Lipinski definition) is 4. The molecule has 2 aromatic heterocycles. The van der Waals surface area contributed by atoms with E-state index in [1.807, 2.05) is 36.4 Å². The van der Waals surface area contributed by atoms with Gasteiger partial charge in [0.05, 0.1) is 23.5 Å². The third kappa shape index (κ3) is 2.90. The second kappa shape index (κ2) is 5.85. The van der Waals surface area contributed by atoms with Crippen molar-refractivity contribution in [3.8, 4) is 11.3 Å². The van der Waals surface area contributed by atoms with E-state index in [0.717, 1.165) is 17.0 Å². The van der Waals surface area contributed by atoms with Crippen LogP contribution in [-0.2, 0) is 6.54 Å². The van der Waals surface area contributed by atoms with Gasteiger partial charge < -0.3 is 10.3 Å². The third-order valence-corrected chi connectivity index (χ3v) is 3.42. The van der Waals surface area contributed by atoms with E-state index in [4.69, 9.17) is 0 Å². The molecule has 22 heavy (non-hydrogen) atoms. The van der Waals surface area contributed by atoms with E-state index >= 15 is 0 Å². The van der Waals surface area contributed by atoms with Crippen molar-refractivity contribution in [1.29, 1.82) is 0 Å². The molecule has 6 heteroatoms. The lowest BCUT2D eigenvalue weighted by Crippen LogP contribution is -2.16. The first-order valence-corrected chi connectivity index (χ1v) is 7.04. The lowest BCUT2D eigenvalue weighted by molar-refractivity contribution is 0.944. The summed E-state index contributed by atoms with van der Waals surface area (Å²) in [7, 11) is 0. The highest BCUT2D eigenvalue weighted by atomic mass is 16.1.